The molecule has 1 aromatic rings. The normalized spacial score (nSPS) is 9.87. The van der Waals surface area contributed by atoms with Gasteiger partial charge >= 0.3 is 0 Å². The van der Waals surface area contributed by atoms with E-state index in [9.17, 15) is 4.79 Å². The van der Waals surface area contributed by atoms with Crippen LogP contribution in [0.3, 0.4) is 0 Å². The lowest BCUT2D eigenvalue weighted by Crippen LogP contribution is -2.33. The number of carbonyl (C=O) groups excluding carboxylic acids is 1. The lowest BCUT2D eigenvalue weighted by atomic mass is 10.3. The summed E-state index contributed by atoms with van der Waals surface area (Å²) < 4.78 is 0.927. The Labute approximate surface area is 97.8 Å². The number of aryl methyl sites for hydroxylation is 1. The summed E-state index contributed by atoms with van der Waals surface area (Å²) in [6.45, 7) is 2.29. The summed E-state index contributed by atoms with van der Waals surface area (Å²) >= 11 is 3.46. The molecule has 1 rings (SSSR count). The minimum Gasteiger partial charge on any atom is -0.358 e. The van der Waals surface area contributed by atoms with Gasteiger partial charge in [0, 0.05) is 20.3 Å². The molecular formula is C10H14BrN3O. The summed E-state index contributed by atoms with van der Waals surface area (Å²) in [7, 11) is 3.46. The first-order valence-corrected chi connectivity index (χ1v) is 5.38. The van der Waals surface area contributed by atoms with Crippen molar-refractivity contribution in [3.05, 3.63) is 22.3 Å². The number of hydrogen-bond acceptors (Lipinski definition) is 3. The molecule has 5 heteroatoms. The predicted octanol–water partition coefficient (Wildman–Crippen LogP) is 1.33. The molecule has 0 radical (unpaired) electrons. The van der Waals surface area contributed by atoms with Gasteiger partial charge in [-0.15, -0.1) is 0 Å². The Morgan fingerprint density at radius 2 is 2.33 bits per heavy atom. The molecule has 0 aliphatic rings. The highest BCUT2D eigenvalue weighted by Crippen LogP contribution is 2.25. The molecule has 0 fully saturated rings. The van der Waals surface area contributed by atoms with Crippen LogP contribution in [0.1, 0.15) is 5.56 Å². The summed E-state index contributed by atoms with van der Waals surface area (Å²) in [5.74, 6) is 0.742. The minimum atomic E-state index is -0.0345. The molecule has 1 heterocycles. The lowest BCUT2D eigenvalue weighted by molar-refractivity contribution is -0.119. The number of nitrogens with one attached hydrogen (secondary N) is 1. The second-order valence-electron chi connectivity index (χ2n) is 3.29. The highest BCUT2D eigenvalue weighted by atomic mass is 79.9. The lowest BCUT2D eigenvalue weighted by Gasteiger charge is -2.19. The van der Waals surface area contributed by atoms with E-state index in [1.165, 1.54) is 0 Å². The van der Waals surface area contributed by atoms with Crippen LogP contribution < -0.4 is 10.2 Å². The van der Waals surface area contributed by atoms with Crippen LogP contribution >= 0.6 is 15.9 Å². The zero-order valence-corrected chi connectivity index (χ0v) is 10.6. The summed E-state index contributed by atoms with van der Waals surface area (Å²) in [5, 5.41) is 2.58. The van der Waals surface area contributed by atoms with Crippen LogP contribution in [-0.2, 0) is 4.79 Å². The molecule has 1 aromatic heterocycles. The monoisotopic (exact) mass is 271 g/mol. The summed E-state index contributed by atoms with van der Waals surface area (Å²) in [6.07, 6.45) is 1.73. The third-order valence-corrected chi connectivity index (χ3v) is 3.07. The molecule has 0 aromatic carbocycles. The van der Waals surface area contributed by atoms with Gasteiger partial charge in [-0.1, -0.05) is 0 Å². The zero-order chi connectivity index (χ0) is 11.4. The van der Waals surface area contributed by atoms with Gasteiger partial charge in [0.1, 0.15) is 5.82 Å². The van der Waals surface area contributed by atoms with Crippen molar-refractivity contribution in [2.24, 2.45) is 0 Å². The predicted molar refractivity (Wildman–Crippen MR) is 64.0 cm³/mol. The molecule has 1 N–H and O–H groups in total. The average Bonchev–Trinajstić information content (AvgIpc) is 2.21. The van der Waals surface area contributed by atoms with Gasteiger partial charge in [0.25, 0.3) is 0 Å². The van der Waals surface area contributed by atoms with E-state index in [2.05, 4.69) is 26.2 Å². The first-order chi connectivity index (χ1) is 7.06. The number of aromatic nitrogens is 1. The van der Waals surface area contributed by atoms with E-state index in [0.717, 1.165) is 15.9 Å². The number of hydrogen-bond donors (Lipinski definition) is 1. The second kappa shape index (κ2) is 5.11. The van der Waals surface area contributed by atoms with Crippen LogP contribution in [0.5, 0.6) is 0 Å². The van der Waals surface area contributed by atoms with Crippen LogP contribution in [0.2, 0.25) is 0 Å². The van der Waals surface area contributed by atoms with E-state index < -0.39 is 0 Å². The Kier molecular flexibility index (Phi) is 4.08. The molecule has 1 amide bonds. The van der Waals surface area contributed by atoms with Crippen molar-refractivity contribution in [1.82, 2.24) is 10.3 Å². The van der Waals surface area contributed by atoms with E-state index in [1.807, 2.05) is 20.0 Å². The fraction of sp³-hybridized carbons (Fsp3) is 0.400. The topological polar surface area (TPSA) is 45.2 Å². The van der Waals surface area contributed by atoms with Crippen LogP contribution in [0, 0.1) is 6.92 Å². The van der Waals surface area contributed by atoms with Gasteiger partial charge in [-0.2, -0.15) is 0 Å². The molecule has 0 spiro atoms. The van der Waals surface area contributed by atoms with Crippen LogP contribution in [-0.4, -0.2) is 31.5 Å². The largest absolute Gasteiger partial charge is 0.358 e. The Morgan fingerprint density at radius 1 is 1.67 bits per heavy atom. The minimum absolute atomic E-state index is 0.0345. The average molecular weight is 272 g/mol. The van der Waals surface area contributed by atoms with E-state index in [0.29, 0.717) is 6.54 Å². The molecule has 0 saturated carbocycles. The highest BCUT2D eigenvalue weighted by molar-refractivity contribution is 9.10. The van der Waals surface area contributed by atoms with Crippen molar-refractivity contribution >= 4 is 27.7 Å². The molecule has 15 heavy (non-hydrogen) atoms. The quantitative estimate of drug-likeness (QED) is 0.903. The maximum Gasteiger partial charge on any atom is 0.239 e. The smallest absolute Gasteiger partial charge is 0.239 e. The maximum absolute atomic E-state index is 11.2. The Balaban J connectivity index is 2.86. The molecule has 0 aliphatic carbocycles. The van der Waals surface area contributed by atoms with Gasteiger partial charge < -0.3 is 10.2 Å². The molecule has 0 atom stereocenters. The van der Waals surface area contributed by atoms with Gasteiger partial charge in [-0.3, -0.25) is 4.79 Å². The molecule has 0 aliphatic heterocycles. The van der Waals surface area contributed by atoms with Gasteiger partial charge in [-0.25, -0.2) is 4.98 Å². The van der Waals surface area contributed by atoms with Crippen molar-refractivity contribution in [3.63, 3.8) is 0 Å². The summed E-state index contributed by atoms with van der Waals surface area (Å²) in [4.78, 5) is 17.2. The van der Waals surface area contributed by atoms with Crippen molar-refractivity contribution in [2.75, 3.05) is 25.5 Å². The number of anilines is 1. The third kappa shape index (κ3) is 2.92. The van der Waals surface area contributed by atoms with Gasteiger partial charge in [-0.05, 0) is 34.5 Å². The number of likely N-dealkylation sites (N-methyl/N-ethyl adjacent to an activating group) is 2. The van der Waals surface area contributed by atoms with Crippen molar-refractivity contribution in [2.45, 2.75) is 6.92 Å². The van der Waals surface area contributed by atoms with Crippen LogP contribution in [0.15, 0.2) is 16.7 Å². The number of pyridine rings is 1. The number of nitrogens with zero attached hydrogens (tertiary/aromatic N) is 2. The van der Waals surface area contributed by atoms with E-state index >= 15 is 0 Å². The SMILES string of the molecule is CNC(=O)CN(C)c1nccc(C)c1Br. The molecule has 0 saturated heterocycles. The third-order valence-electron chi connectivity index (χ3n) is 2.09. The number of halogens is 1. The highest BCUT2D eigenvalue weighted by Gasteiger charge is 2.11. The van der Waals surface area contributed by atoms with Crippen molar-refractivity contribution < 1.29 is 4.79 Å². The summed E-state index contributed by atoms with van der Waals surface area (Å²) in [5.41, 5.74) is 1.10. The Bertz CT molecular complexity index is 368. The maximum atomic E-state index is 11.2. The molecular weight excluding hydrogens is 258 g/mol. The van der Waals surface area contributed by atoms with E-state index in [-0.39, 0.29) is 5.91 Å². The van der Waals surface area contributed by atoms with Crippen molar-refractivity contribution in [1.29, 1.82) is 0 Å². The standard InChI is InChI=1S/C10H14BrN3O/c1-7-4-5-13-10(9(7)11)14(3)6-8(15)12-2/h4-5H,6H2,1-3H3,(H,12,15). The molecule has 4 nitrogen and oxygen atoms in total. The zero-order valence-electron chi connectivity index (χ0n) is 9.04. The van der Waals surface area contributed by atoms with Gasteiger partial charge in [0.05, 0.1) is 11.0 Å². The van der Waals surface area contributed by atoms with Crippen LogP contribution in [0.4, 0.5) is 5.82 Å². The fourth-order valence-electron chi connectivity index (χ4n) is 1.16. The Morgan fingerprint density at radius 3 is 2.93 bits per heavy atom. The number of amides is 1. The van der Waals surface area contributed by atoms with Gasteiger partial charge in [0.15, 0.2) is 0 Å². The Hall–Kier alpha value is -1.10. The first kappa shape index (κ1) is 12.0. The molecule has 0 unspecified atom stereocenters. The first-order valence-electron chi connectivity index (χ1n) is 4.59. The van der Waals surface area contributed by atoms with Crippen LogP contribution in [0.25, 0.3) is 0 Å². The molecule has 0 bridgehead atoms. The van der Waals surface area contributed by atoms with Gasteiger partial charge in [0.2, 0.25) is 5.91 Å². The number of rotatable bonds is 3. The molecule has 82 valence electrons. The van der Waals surface area contributed by atoms with Crippen molar-refractivity contribution in [3.8, 4) is 0 Å². The second-order valence-corrected chi connectivity index (χ2v) is 4.09. The fourth-order valence-corrected chi connectivity index (χ4v) is 1.70. The summed E-state index contributed by atoms with van der Waals surface area (Å²) in [6, 6.07) is 1.92. The number of carbonyl (C=O) groups is 1. The van der Waals surface area contributed by atoms with E-state index in [4.69, 9.17) is 0 Å². The van der Waals surface area contributed by atoms with E-state index in [1.54, 1.807) is 18.1 Å².